The van der Waals surface area contributed by atoms with E-state index in [1.807, 2.05) is 0 Å². The average molecular weight is 334 g/mol. The number of rotatable bonds is 5. The number of carbonyl (C=O) groups excluding carboxylic acids is 2. The fourth-order valence-electron chi connectivity index (χ4n) is 1.41. The quantitative estimate of drug-likeness (QED) is 0.610. The highest BCUT2D eigenvalue weighted by atomic mass is 79.9. The van der Waals surface area contributed by atoms with Gasteiger partial charge in [0.25, 0.3) is 0 Å². The monoisotopic (exact) mass is 333 g/mol. The van der Waals surface area contributed by atoms with Crippen LogP contribution in [-0.4, -0.2) is 30.1 Å². The van der Waals surface area contributed by atoms with Crippen LogP contribution in [0.25, 0.3) is 0 Å². The molecule has 0 radical (unpaired) electrons. The van der Waals surface area contributed by atoms with Crippen molar-refractivity contribution < 1.29 is 23.5 Å². The van der Waals surface area contributed by atoms with Crippen molar-refractivity contribution in [2.24, 2.45) is 0 Å². The molecule has 1 rings (SSSR count). The molecule has 1 aromatic rings. The van der Waals surface area contributed by atoms with Gasteiger partial charge in [0.05, 0.1) is 13.2 Å². The molecule has 0 atom stereocenters. The van der Waals surface area contributed by atoms with E-state index in [9.17, 15) is 14.0 Å². The minimum Gasteiger partial charge on any atom is -0.465 e. The maximum atomic E-state index is 13.8. The molecular formula is C12H13BrFNO4. The SMILES string of the molecule is CCOC(=O)C(C(=O)OCC)c1ncc(Br)cc1F. The molecule has 104 valence electrons. The second-order valence-electron chi connectivity index (χ2n) is 3.46. The smallest absolute Gasteiger partial charge is 0.326 e. The molecule has 0 saturated heterocycles. The minimum absolute atomic E-state index is 0.0763. The Bertz CT molecular complexity index is 463. The second-order valence-corrected chi connectivity index (χ2v) is 4.37. The molecule has 7 heteroatoms. The minimum atomic E-state index is -1.51. The standard InChI is InChI=1S/C12H13BrFNO4/c1-3-18-11(16)9(12(17)19-4-2)10-8(14)5-7(13)6-15-10/h5-6,9H,3-4H2,1-2H3. The number of nitrogens with zero attached hydrogens (tertiary/aromatic N) is 1. The Morgan fingerprint density at radius 2 is 1.84 bits per heavy atom. The molecule has 0 aromatic carbocycles. The molecule has 0 saturated carbocycles. The summed E-state index contributed by atoms with van der Waals surface area (Å²) in [6.45, 7) is 3.33. The van der Waals surface area contributed by atoms with Gasteiger partial charge in [-0.3, -0.25) is 14.6 Å². The lowest BCUT2D eigenvalue weighted by Crippen LogP contribution is -2.28. The van der Waals surface area contributed by atoms with Gasteiger partial charge >= 0.3 is 11.9 Å². The predicted molar refractivity (Wildman–Crippen MR) is 67.9 cm³/mol. The Morgan fingerprint density at radius 1 is 1.32 bits per heavy atom. The molecule has 5 nitrogen and oxygen atoms in total. The van der Waals surface area contributed by atoms with Gasteiger partial charge in [-0.2, -0.15) is 0 Å². The maximum Gasteiger partial charge on any atom is 0.326 e. The molecule has 1 aromatic heterocycles. The third kappa shape index (κ3) is 3.99. The summed E-state index contributed by atoms with van der Waals surface area (Å²) in [5.41, 5.74) is -0.305. The van der Waals surface area contributed by atoms with Gasteiger partial charge in [-0.05, 0) is 35.8 Å². The number of hydrogen-bond donors (Lipinski definition) is 0. The van der Waals surface area contributed by atoms with Gasteiger partial charge in [0.15, 0.2) is 5.92 Å². The first kappa shape index (κ1) is 15.6. The summed E-state index contributed by atoms with van der Waals surface area (Å²) >= 11 is 3.05. The van der Waals surface area contributed by atoms with E-state index in [0.29, 0.717) is 4.47 Å². The van der Waals surface area contributed by atoms with Crippen molar-refractivity contribution in [1.82, 2.24) is 4.98 Å². The highest BCUT2D eigenvalue weighted by molar-refractivity contribution is 9.10. The lowest BCUT2D eigenvalue weighted by Gasteiger charge is -2.14. The fourth-order valence-corrected chi connectivity index (χ4v) is 1.71. The molecule has 0 N–H and O–H groups in total. The first-order chi connectivity index (χ1) is 9.01. The number of pyridine rings is 1. The Kier molecular flexibility index (Phi) is 5.88. The van der Waals surface area contributed by atoms with E-state index in [1.54, 1.807) is 13.8 Å². The summed E-state index contributed by atoms with van der Waals surface area (Å²) in [5, 5.41) is 0. The first-order valence-electron chi connectivity index (χ1n) is 5.65. The summed E-state index contributed by atoms with van der Waals surface area (Å²) in [6.07, 6.45) is 1.30. The van der Waals surface area contributed by atoms with Crippen LogP contribution < -0.4 is 0 Å². The molecule has 0 spiro atoms. The molecule has 0 bridgehead atoms. The van der Waals surface area contributed by atoms with E-state index >= 15 is 0 Å². The molecule has 0 unspecified atom stereocenters. The predicted octanol–water partition coefficient (Wildman–Crippen LogP) is 2.19. The van der Waals surface area contributed by atoms with Crippen molar-refractivity contribution in [1.29, 1.82) is 0 Å². The van der Waals surface area contributed by atoms with Gasteiger partial charge in [0.2, 0.25) is 0 Å². The van der Waals surface area contributed by atoms with Gasteiger partial charge in [0, 0.05) is 10.7 Å². The van der Waals surface area contributed by atoms with E-state index in [1.165, 1.54) is 6.20 Å². The second kappa shape index (κ2) is 7.18. The van der Waals surface area contributed by atoms with Crippen molar-refractivity contribution in [3.8, 4) is 0 Å². The third-order valence-corrected chi connectivity index (χ3v) is 2.59. The maximum absolute atomic E-state index is 13.8. The van der Waals surface area contributed by atoms with E-state index in [2.05, 4.69) is 20.9 Å². The summed E-state index contributed by atoms with van der Waals surface area (Å²) in [5.74, 6) is -4.04. The Balaban J connectivity index is 3.14. The van der Waals surface area contributed by atoms with Crippen molar-refractivity contribution in [3.05, 3.63) is 28.2 Å². The number of carbonyl (C=O) groups is 2. The fraction of sp³-hybridized carbons (Fsp3) is 0.417. The normalized spacial score (nSPS) is 10.4. The Labute approximate surface area is 118 Å². The number of aromatic nitrogens is 1. The van der Waals surface area contributed by atoms with Gasteiger partial charge in [-0.25, -0.2) is 4.39 Å². The third-order valence-electron chi connectivity index (χ3n) is 2.15. The summed E-state index contributed by atoms with van der Waals surface area (Å²) in [6, 6.07) is 1.12. The Morgan fingerprint density at radius 3 is 2.26 bits per heavy atom. The topological polar surface area (TPSA) is 65.5 Å². The zero-order chi connectivity index (χ0) is 14.4. The molecule has 0 aliphatic heterocycles. The van der Waals surface area contributed by atoms with Crippen LogP contribution in [0.5, 0.6) is 0 Å². The largest absolute Gasteiger partial charge is 0.465 e. The zero-order valence-electron chi connectivity index (χ0n) is 10.5. The molecular weight excluding hydrogens is 321 g/mol. The van der Waals surface area contributed by atoms with Crippen molar-refractivity contribution in [2.45, 2.75) is 19.8 Å². The zero-order valence-corrected chi connectivity index (χ0v) is 12.1. The highest BCUT2D eigenvalue weighted by Gasteiger charge is 2.35. The van der Waals surface area contributed by atoms with Crippen LogP contribution >= 0.6 is 15.9 Å². The highest BCUT2D eigenvalue weighted by Crippen LogP contribution is 2.22. The van der Waals surface area contributed by atoms with Crippen LogP contribution in [0.2, 0.25) is 0 Å². The van der Waals surface area contributed by atoms with Crippen molar-refractivity contribution in [2.75, 3.05) is 13.2 Å². The summed E-state index contributed by atoms with van der Waals surface area (Å²) < 4.78 is 23.7. The summed E-state index contributed by atoms with van der Waals surface area (Å²) in [7, 11) is 0. The van der Waals surface area contributed by atoms with Crippen LogP contribution in [-0.2, 0) is 19.1 Å². The Hall–Kier alpha value is -1.50. The lowest BCUT2D eigenvalue weighted by molar-refractivity contribution is -0.157. The van der Waals surface area contributed by atoms with Gasteiger partial charge in [-0.1, -0.05) is 0 Å². The number of esters is 2. The average Bonchev–Trinajstić information content (AvgIpc) is 2.33. The molecule has 0 aliphatic rings. The van der Waals surface area contributed by atoms with Crippen LogP contribution in [0.4, 0.5) is 4.39 Å². The van der Waals surface area contributed by atoms with Gasteiger partial charge in [0.1, 0.15) is 11.5 Å². The summed E-state index contributed by atoms with van der Waals surface area (Å²) in [4.78, 5) is 27.3. The van der Waals surface area contributed by atoms with Gasteiger partial charge < -0.3 is 9.47 Å². The van der Waals surface area contributed by atoms with Gasteiger partial charge in [-0.15, -0.1) is 0 Å². The number of ether oxygens (including phenoxy) is 2. The van der Waals surface area contributed by atoms with Crippen LogP contribution in [0.1, 0.15) is 25.5 Å². The van der Waals surface area contributed by atoms with Crippen LogP contribution in [0.3, 0.4) is 0 Å². The number of halogens is 2. The van der Waals surface area contributed by atoms with Crippen LogP contribution in [0, 0.1) is 5.82 Å². The van der Waals surface area contributed by atoms with E-state index < -0.39 is 23.7 Å². The van der Waals surface area contributed by atoms with Crippen molar-refractivity contribution >= 4 is 27.9 Å². The lowest BCUT2D eigenvalue weighted by atomic mass is 10.0. The van der Waals surface area contributed by atoms with Crippen LogP contribution in [0.15, 0.2) is 16.7 Å². The first-order valence-corrected chi connectivity index (χ1v) is 6.44. The molecule has 0 aliphatic carbocycles. The molecule has 0 amide bonds. The molecule has 1 heterocycles. The van der Waals surface area contributed by atoms with E-state index in [4.69, 9.17) is 9.47 Å². The number of hydrogen-bond acceptors (Lipinski definition) is 5. The van der Waals surface area contributed by atoms with E-state index in [0.717, 1.165) is 6.07 Å². The van der Waals surface area contributed by atoms with E-state index in [-0.39, 0.29) is 18.9 Å². The molecule has 0 fully saturated rings. The molecule has 19 heavy (non-hydrogen) atoms. The van der Waals surface area contributed by atoms with Crippen molar-refractivity contribution in [3.63, 3.8) is 0 Å².